The Balaban J connectivity index is 2.45. The van der Waals surface area contributed by atoms with Crippen molar-refractivity contribution in [3.05, 3.63) is 58.1 Å². The molecule has 2 aromatic rings. The van der Waals surface area contributed by atoms with Gasteiger partial charge >= 0.3 is 0 Å². The molecule has 0 aliphatic carbocycles. The molecule has 0 spiro atoms. The molecule has 0 radical (unpaired) electrons. The third kappa shape index (κ3) is 3.09. The first-order valence-electron chi connectivity index (χ1n) is 6.10. The van der Waals surface area contributed by atoms with Crippen molar-refractivity contribution in [3.8, 4) is 11.5 Å². The number of nitrogens with two attached hydrogens (primary N) is 1. The number of hydrogen-bond acceptors (Lipinski definition) is 3. The molecular formula is C15H14ClF2NO2. The summed E-state index contributed by atoms with van der Waals surface area (Å²) in [5.41, 5.74) is 6.59. The van der Waals surface area contributed by atoms with E-state index in [1.54, 1.807) is 18.2 Å². The highest BCUT2D eigenvalue weighted by Crippen LogP contribution is 2.33. The van der Waals surface area contributed by atoms with Crippen LogP contribution in [0.4, 0.5) is 8.78 Å². The van der Waals surface area contributed by atoms with Gasteiger partial charge in [-0.15, -0.1) is 0 Å². The van der Waals surface area contributed by atoms with E-state index < -0.39 is 17.7 Å². The van der Waals surface area contributed by atoms with Crippen molar-refractivity contribution in [2.75, 3.05) is 14.2 Å². The van der Waals surface area contributed by atoms with Crippen LogP contribution in [0.5, 0.6) is 11.5 Å². The van der Waals surface area contributed by atoms with Crippen molar-refractivity contribution in [2.45, 2.75) is 6.04 Å². The summed E-state index contributed by atoms with van der Waals surface area (Å²) in [7, 11) is 2.99. The minimum absolute atomic E-state index is 0.0177. The standard InChI is InChI=1S/C15H14ClF2NO2/c1-20-13-4-3-8(5-14(13)21-2)15(19)9-6-12(18)10(16)7-11(9)17/h3-7,15H,19H2,1-2H3. The molecular weight excluding hydrogens is 300 g/mol. The minimum Gasteiger partial charge on any atom is -0.493 e. The van der Waals surface area contributed by atoms with E-state index in [9.17, 15) is 8.78 Å². The number of ether oxygens (including phenoxy) is 2. The minimum atomic E-state index is -0.850. The summed E-state index contributed by atoms with van der Waals surface area (Å²) < 4.78 is 37.7. The van der Waals surface area contributed by atoms with E-state index in [1.165, 1.54) is 14.2 Å². The van der Waals surface area contributed by atoms with Crippen LogP contribution >= 0.6 is 11.6 Å². The molecule has 0 fully saturated rings. The molecule has 0 aliphatic rings. The normalized spacial score (nSPS) is 12.1. The first kappa shape index (κ1) is 15.5. The molecule has 0 aromatic heterocycles. The van der Waals surface area contributed by atoms with Gasteiger partial charge in [-0.2, -0.15) is 0 Å². The van der Waals surface area contributed by atoms with Crippen molar-refractivity contribution >= 4 is 11.6 Å². The van der Waals surface area contributed by atoms with E-state index in [4.69, 9.17) is 26.8 Å². The number of halogens is 3. The van der Waals surface area contributed by atoms with Crippen molar-refractivity contribution in [2.24, 2.45) is 5.73 Å². The van der Waals surface area contributed by atoms with E-state index >= 15 is 0 Å². The Morgan fingerprint density at radius 2 is 1.67 bits per heavy atom. The van der Waals surface area contributed by atoms with Crippen molar-refractivity contribution in [3.63, 3.8) is 0 Å². The second-order valence-corrected chi connectivity index (χ2v) is 4.79. The Bertz CT molecular complexity index is 664. The lowest BCUT2D eigenvalue weighted by Gasteiger charge is -2.16. The molecule has 112 valence electrons. The van der Waals surface area contributed by atoms with Gasteiger partial charge in [0, 0.05) is 5.56 Å². The Hall–Kier alpha value is -1.85. The van der Waals surface area contributed by atoms with E-state index in [1.807, 2.05) is 0 Å². The smallest absolute Gasteiger partial charge is 0.161 e. The van der Waals surface area contributed by atoms with Gasteiger partial charge in [0.05, 0.1) is 25.3 Å². The zero-order chi connectivity index (χ0) is 15.6. The highest BCUT2D eigenvalue weighted by Gasteiger charge is 2.18. The zero-order valence-electron chi connectivity index (χ0n) is 11.5. The van der Waals surface area contributed by atoms with Crippen molar-refractivity contribution in [1.82, 2.24) is 0 Å². The molecule has 3 nitrogen and oxygen atoms in total. The highest BCUT2D eigenvalue weighted by atomic mass is 35.5. The Kier molecular flexibility index (Phi) is 4.65. The largest absolute Gasteiger partial charge is 0.493 e. The van der Waals surface area contributed by atoms with Gasteiger partial charge in [0.15, 0.2) is 11.5 Å². The summed E-state index contributed by atoms with van der Waals surface area (Å²) in [4.78, 5) is 0. The van der Waals surface area contributed by atoms with Gasteiger partial charge in [-0.25, -0.2) is 8.78 Å². The maximum absolute atomic E-state index is 13.9. The van der Waals surface area contributed by atoms with Crippen LogP contribution < -0.4 is 15.2 Å². The van der Waals surface area contributed by atoms with Gasteiger partial charge in [-0.1, -0.05) is 17.7 Å². The summed E-state index contributed by atoms with van der Waals surface area (Å²) >= 11 is 5.53. The van der Waals surface area contributed by atoms with Crippen LogP contribution in [0.2, 0.25) is 5.02 Å². The predicted octanol–water partition coefficient (Wildman–Crippen LogP) is 3.68. The molecule has 0 saturated heterocycles. The quantitative estimate of drug-likeness (QED) is 0.876. The molecule has 2 rings (SSSR count). The summed E-state index contributed by atoms with van der Waals surface area (Å²) in [6.45, 7) is 0. The van der Waals surface area contributed by atoms with Gasteiger partial charge in [0.25, 0.3) is 0 Å². The van der Waals surface area contributed by atoms with Gasteiger partial charge in [0.2, 0.25) is 0 Å². The summed E-state index contributed by atoms with van der Waals surface area (Å²) in [6, 6.07) is 5.99. The maximum Gasteiger partial charge on any atom is 0.161 e. The second kappa shape index (κ2) is 6.28. The molecule has 6 heteroatoms. The first-order chi connectivity index (χ1) is 9.97. The Morgan fingerprint density at radius 3 is 2.29 bits per heavy atom. The van der Waals surface area contributed by atoms with Gasteiger partial charge in [-0.05, 0) is 29.8 Å². The fourth-order valence-electron chi connectivity index (χ4n) is 2.00. The molecule has 2 N–H and O–H groups in total. The average molecular weight is 314 g/mol. The monoisotopic (exact) mass is 313 g/mol. The van der Waals surface area contributed by atoms with Crippen LogP contribution in [-0.2, 0) is 0 Å². The van der Waals surface area contributed by atoms with Crippen molar-refractivity contribution in [1.29, 1.82) is 0 Å². The van der Waals surface area contributed by atoms with Crippen LogP contribution in [0.25, 0.3) is 0 Å². The first-order valence-corrected chi connectivity index (χ1v) is 6.47. The zero-order valence-corrected chi connectivity index (χ0v) is 12.2. The summed E-state index contributed by atoms with van der Waals surface area (Å²) in [6.07, 6.45) is 0. The molecule has 0 saturated carbocycles. The third-order valence-corrected chi connectivity index (χ3v) is 3.43. The third-order valence-electron chi connectivity index (χ3n) is 3.14. The van der Waals surface area contributed by atoms with E-state index in [2.05, 4.69) is 0 Å². The van der Waals surface area contributed by atoms with E-state index in [0.29, 0.717) is 17.1 Å². The molecule has 1 unspecified atom stereocenters. The predicted molar refractivity (Wildman–Crippen MR) is 76.9 cm³/mol. The molecule has 1 atom stereocenters. The average Bonchev–Trinajstić information content (AvgIpc) is 2.49. The lowest BCUT2D eigenvalue weighted by molar-refractivity contribution is 0.354. The van der Waals surface area contributed by atoms with Crippen LogP contribution in [0.1, 0.15) is 17.2 Å². The number of methoxy groups -OCH3 is 2. The van der Waals surface area contributed by atoms with Gasteiger partial charge in [0.1, 0.15) is 11.6 Å². The highest BCUT2D eigenvalue weighted by molar-refractivity contribution is 6.30. The lowest BCUT2D eigenvalue weighted by atomic mass is 9.98. The van der Waals surface area contributed by atoms with E-state index in [0.717, 1.165) is 12.1 Å². The van der Waals surface area contributed by atoms with E-state index in [-0.39, 0.29) is 10.6 Å². The van der Waals surface area contributed by atoms with Crippen LogP contribution in [0.3, 0.4) is 0 Å². The molecule has 0 bridgehead atoms. The van der Waals surface area contributed by atoms with Crippen LogP contribution in [0, 0.1) is 11.6 Å². The number of benzene rings is 2. The fourth-order valence-corrected chi connectivity index (χ4v) is 2.15. The summed E-state index contributed by atoms with van der Waals surface area (Å²) in [5.74, 6) is -0.399. The Morgan fingerprint density at radius 1 is 1.00 bits per heavy atom. The molecule has 0 aliphatic heterocycles. The number of rotatable bonds is 4. The van der Waals surface area contributed by atoms with Gasteiger partial charge < -0.3 is 15.2 Å². The molecule has 0 amide bonds. The Labute approximate surface area is 126 Å². The second-order valence-electron chi connectivity index (χ2n) is 4.38. The molecule has 2 aromatic carbocycles. The maximum atomic E-state index is 13.9. The van der Waals surface area contributed by atoms with Crippen LogP contribution in [-0.4, -0.2) is 14.2 Å². The van der Waals surface area contributed by atoms with Crippen LogP contribution in [0.15, 0.2) is 30.3 Å². The topological polar surface area (TPSA) is 44.5 Å². The number of hydrogen-bond donors (Lipinski definition) is 1. The SMILES string of the molecule is COc1ccc(C(N)c2cc(F)c(Cl)cc2F)cc1OC. The van der Waals surface area contributed by atoms with Crippen molar-refractivity contribution < 1.29 is 18.3 Å². The molecule has 0 heterocycles. The lowest BCUT2D eigenvalue weighted by Crippen LogP contribution is -2.14. The molecule has 21 heavy (non-hydrogen) atoms. The summed E-state index contributed by atoms with van der Waals surface area (Å²) in [5, 5.41) is -0.282. The fraction of sp³-hybridized carbons (Fsp3) is 0.200. The van der Waals surface area contributed by atoms with Gasteiger partial charge in [-0.3, -0.25) is 0 Å².